The Labute approximate surface area is 176 Å². The molecule has 166 valence electrons. The molecule has 0 fully saturated rings. The van der Waals surface area contributed by atoms with E-state index in [1.165, 1.54) is 4.57 Å². The van der Waals surface area contributed by atoms with Crippen LogP contribution in [0.3, 0.4) is 0 Å². The van der Waals surface area contributed by atoms with Gasteiger partial charge in [0.1, 0.15) is 5.84 Å². The number of nitrogens with zero attached hydrogens (tertiary/aromatic N) is 3. The van der Waals surface area contributed by atoms with Crippen LogP contribution < -0.4 is 27.7 Å². The van der Waals surface area contributed by atoms with Gasteiger partial charge in [0.2, 0.25) is 0 Å². The lowest BCUT2D eigenvalue weighted by molar-refractivity contribution is 0.0663. The van der Waals surface area contributed by atoms with Gasteiger partial charge in [-0.2, -0.15) is 0 Å². The number of imidazole rings is 1. The van der Waals surface area contributed by atoms with Gasteiger partial charge < -0.3 is 16.2 Å². The number of carbonyl (C=O) groups is 1. The summed E-state index contributed by atoms with van der Waals surface area (Å²) in [6.07, 6.45) is 0.364. The van der Waals surface area contributed by atoms with E-state index < -0.39 is 28.8 Å². The first-order chi connectivity index (χ1) is 13.9. The third kappa shape index (κ3) is 5.39. The summed E-state index contributed by atoms with van der Waals surface area (Å²) in [5, 5.41) is 16.9. The van der Waals surface area contributed by atoms with Crippen LogP contribution in [0.25, 0.3) is 11.0 Å². The standard InChI is InChI=1S/C20H33N7O3/c1-19(2,3)15(16(21)24-25-22-6)23-17(28)27-14-10-8-7-9-13(14)26(18(27)29)12-11-20(4,5)30/h7-10,15,22,25,30H,11-12H2,1-6H3,(H2,21,24)(H,23,28)/t15-/m1/s1. The second-order valence-corrected chi connectivity index (χ2v) is 8.97. The zero-order chi connectivity index (χ0) is 22.7. The molecule has 1 aromatic carbocycles. The fraction of sp³-hybridized carbons (Fsp3) is 0.550. The van der Waals surface area contributed by atoms with Gasteiger partial charge in [0, 0.05) is 13.6 Å². The fourth-order valence-electron chi connectivity index (χ4n) is 3.11. The van der Waals surface area contributed by atoms with E-state index >= 15 is 0 Å². The molecular weight excluding hydrogens is 386 g/mol. The number of nitrogens with two attached hydrogens (primary N) is 1. The van der Waals surface area contributed by atoms with Crippen LogP contribution in [0.15, 0.2) is 34.2 Å². The number of rotatable bonds is 7. The number of para-hydroxylation sites is 2. The molecule has 0 aliphatic carbocycles. The Morgan fingerprint density at radius 3 is 2.33 bits per heavy atom. The lowest BCUT2D eigenvalue weighted by atomic mass is 9.86. The van der Waals surface area contributed by atoms with Crippen molar-refractivity contribution in [1.82, 2.24) is 25.4 Å². The van der Waals surface area contributed by atoms with Crippen LogP contribution in [0.2, 0.25) is 0 Å². The average molecular weight is 420 g/mol. The Bertz CT molecular complexity index is 977. The molecule has 1 aromatic heterocycles. The van der Waals surface area contributed by atoms with Crippen LogP contribution in [0.1, 0.15) is 41.0 Å². The van der Waals surface area contributed by atoms with E-state index in [0.717, 1.165) is 4.57 Å². The molecule has 2 rings (SSSR count). The first-order valence-corrected chi connectivity index (χ1v) is 9.85. The molecule has 1 amide bonds. The number of aliphatic hydroxyl groups is 1. The number of benzene rings is 1. The van der Waals surface area contributed by atoms with Crippen molar-refractivity contribution in [2.24, 2.45) is 16.3 Å². The largest absolute Gasteiger partial charge is 0.390 e. The van der Waals surface area contributed by atoms with Crippen LogP contribution >= 0.6 is 0 Å². The first-order valence-electron chi connectivity index (χ1n) is 9.85. The van der Waals surface area contributed by atoms with E-state index in [0.29, 0.717) is 17.5 Å². The smallest absolute Gasteiger partial charge is 0.337 e. The maximum atomic E-state index is 13.2. The summed E-state index contributed by atoms with van der Waals surface area (Å²) in [4.78, 5) is 26.3. The zero-order valence-electron chi connectivity index (χ0n) is 18.5. The number of hydrazone groups is 1. The fourth-order valence-corrected chi connectivity index (χ4v) is 3.11. The molecule has 0 spiro atoms. The number of hydrogen-bond donors (Lipinski definition) is 5. The highest BCUT2D eigenvalue weighted by Gasteiger charge is 2.31. The summed E-state index contributed by atoms with van der Waals surface area (Å²) < 4.78 is 2.59. The van der Waals surface area contributed by atoms with Crippen molar-refractivity contribution in [2.75, 3.05) is 7.05 Å². The summed E-state index contributed by atoms with van der Waals surface area (Å²) in [5.41, 5.74) is 10.5. The minimum absolute atomic E-state index is 0.170. The molecule has 10 heteroatoms. The number of hydrazine groups is 1. The maximum absolute atomic E-state index is 13.2. The molecule has 6 N–H and O–H groups in total. The third-order valence-electron chi connectivity index (χ3n) is 4.71. The maximum Gasteiger partial charge on any atom is 0.337 e. The first kappa shape index (κ1) is 23.4. The molecule has 1 heterocycles. The van der Waals surface area contributed by atoms with Gasteiger partial charge in [0.05, 0.1) is 22.7 Å². The molecule has 0 aliphatic rings. The van der Waals surface area contributed by atoms with Gasteiger partial charge in [-0.15, -0.1) is 5.10 Å². The van der Waals surface area contributed by atoms with Crippen LogP contribution in [-0.2, 0) is 6.54 Å². The van der Waals surface area contributed by atoms with Crippen molar-refractivity contribution in [2.45, 2.75) is 59.2 Å². The van der Waals surface area contributed by atoms with Crippen LogP contribution in [0.4, 0.5) is 4.79 Å². The SMILES string of the molecule is CNNN=C(N)[C@@H](NC(=O)n1c(=O)n(CCC(C)(C)O)c2ccccc21)C(C)(C)C. The third-order valence-corrected chi connectivity index (χ3v) is 4.71. The van der Waals surface area contributed by atoms with E-state index in [2.05, 4.69) is 21.4 Å². The Balaban J connectivity index is 2.47. The minimum Gasteiger partial charge on any atom is -0.390 e. The number of nitrogens with one attached hydrogen (secondary N) is 3. The van der Waals surface area contributed by atoms with E-state index in [1.54, 1.807) is 45.2 Å². The average Bonchev–Trinajstić information content (AvgIpc) is 2.92. The number of aromatic nitrogens is 2. The number of carbonyl (C=O) groups excluding carboxylic acids is 1. The predicted molar refractivity (Wildman–Crippen MR) is 118 cm³/mol. The number of amides is 1. The molecule has 0 aliphatic heterocycles. The van der Waals surface area contributed by atoms with E-state index in [1.807, 2.05) is 20.8 Å². The van der Waals surface area contributed by atoms with Gasteiger partial charge >= 0.3 is 11.7 Å². The van der Waals surface area contributed by atoms with E-state index in [4.69, 9.17) is 5.73 Å². The summed E-state index contributed by atoms with van der Waals surface area (Å²) in [6, 6.07) is 5.83. The van der Waals surface area contributed by atoms with Gasteiger partial charge in [-0.3, -0.25) is 4.57 Å². The Kier molecular flexibility index (Phi) is 6.94. The predicted octanol–water partition coefficient (Wildman–Crippen LogP) is 0.933. The second-order valence-electron chi connectivity index (χ2n) is 8.97. The van der Waals surface area contributed by atoms with Gasteiger partial charge in [0.25, 0.3) is 0 Å². The lowest BCUT2D eigenvalue weighted by Crippen LogP contribution is -2.55. The molecule has 0 saturated carbocycles. The van der Waals surface area contributed by atoms with Crippen LogP contribution in [-0.4, -0.2) is 44.8 Å². The van der Waals surface area contributed by atoms with Gasteiger partial charge in [-0.05, 0) is 37.8 Å². The molecular formula is C20H33N7O3. The molecule has 30 heavy (non-hydrogen) atoms. The van der Waals surface area contributed by atoms with Crippen molar-refractivity contribution in [1.29, 1.82) is 0 Å². The number of hydrogen-bond acceptors (Lipinski definition) is 6. The van der Waals surface area contributed by atoms with Crippen molar-refractivity contribution < 1.29 is 9.90 Å². The summed E-state index contributed by atoms with van der Waals surface area (Å²) in [6.45, 7) is 9.37. The zero-order valence-corrected chi connectivity index (χ0v) is 18.5. The Hall–Kier alpha value is -2.85. The molecule has 0 bridgehead atoms. The van der Waals surface area contributed by atoms with E-state index in [-0.39, 0.29) is 12.4 Å². The van der Waals surface area contributed by atoms with Crippen molar-refractivity contribution in [3.8, 4) is 0 Å². The number of aryl methyl sites for hydroxylation is 1. The normalized spacial score (nSPS) is 14.0. The quantitative estimate of drug-likeness (QED) is 0.257. The van der Waals surface area contributed by atoms with Gasteiger partial charge in [0.15, 0.2) is 0 Å². The van der Waals surface area contributed by atoms with Crippen LogP contribution in [0.5, 0.6) is 0 Å². The number of fused-ring (bicyclic) bond motifs is 1. The highest BCUT2D eigenvalue weighted by atomic mass is 16.3. The van der Waals surface area contributed by atoms with Crippen molar-refractivity contribution >= 4 is 22.9 Å². The molecule has 1 atom stereocenters. The summed E-state index contributed by atoms with van der Waals surface area (Å²) in [7, 11) is 1.64. The topological polar surface area (TPSA) is 139 Å². The second kappa shape index (κ2) is 8.88. The number of amidine groups is 1. The Morgan fingerprint density at radius 1 is 1.20 bits per heavy atom. The lowest BCUT2D eigenvalue weighted by Gasteiger charge is -2.30. The molecule has 0 saturated heterocycles. The highest BCUT2D eigenvalue weighted by Crippen LogP contribution is 2.20. The van der Waals surface area contributed by atoms with Gasteiger partial charge in [-0.25, -0.2) is 25.1 Å². The highest BCUT2D eigenvalue weighted by molar-refractivity contribution is 5.94. The molecule has 10 nitrogen and oxygen atoms in total. The van der Waals surface area contributed by atoms with Gasteiger partial charge in [-0.1, -0.05) is 32.9 Å². The molecule has 0 unspecified atom stereocenters. The van der Waals surface area contributed by atoms with E-state index in [9.17, 15) is 14.7 Å². The minimum atomic E-state index is -0.937. The van der Waals surface area contributed by atoms with Crippen LogP contribution in [0, 0.1) is 5.41 Å². The molecule has 2 aromatic rings. The summed E-state index contributed by atoms with van der Waals surface area (Å²) >= 11 is 0. The molecule has 0 radical (unpaired) electrons. The summed E-state index contributed by atoms with van der Waals surface area (Å²) in [5.74, 6) is 0.170. The Morgan fingerprint density at radius 2 is 1.80 bits per heavy atom. The van der Waals surface area contributed by atoms with Crippen molar-refractivity contribution in [3.63, 3.8) is 0 Å². The van der Waals surface area contributed by atoms with Crippen molar-refractivity contribution in [3.05, 3.63) is 34.7 Å². The monoisotopic (exact) mass is 419 g/mol.